The van der Waals surface area contributed by atoms with Crippen LogP contribution < -0.4 is 10.2 Å². The first-order valence-electron chi connectivity index (χ1n) is 8.29. The third kappa shape index (κ3) is 4.41. The van der Waals surface area contributed by atoms with E-state index in [-0.39, 0.29) is 5.91 Å². The van der Waals surface area contributed by atoms with E-state index in [2.05, 4.69) is 27.1 Å². The van der Waals surface area contributed by atoms with Gasteiger partial charge in [-0.15, -0.1) is 0 Å². The molecule has 1 aromatic heterocycles. The van der Waals surface area contributed by atoms with Crippen molar-refractivity contribution < 1.29 is 4.79 Å². The zero-order valence-electron chi connectivity index (χ0n) is 14.2. The summed E-state index contributed by atoms with van der Waals surface area (Å²) in [5, 5.41) is 3.69. The summed E-state index contributed by atoms with van der Waals surface area (Å²) in [5.74, 6) is 1.76. The van der Waals surface area contributed by atoms with Gasteiger partial charge in [-0.25, -0.2) is 9.97 Å². The molecule has 1 aromatic carbocycles. The number of nitrogens with one attached hydrogen (secondary N) is 1. The molecule has 0 unspecified atom stereocenters. The van der Waals surface area contributed by atoms with Gasteiger partial charge >= 0.3 is 0 Å². The molecule has 1 aliphatic heterocycles. The van der Waals surface area contributed by atoms with Crippen LogP contribution in [-0.4, -0.2) is 29.0 Å². The van der Waals surface area contributed by atoms with Crippen molar-refractivity contribution in [3.05, 3.63) is 45.8 Å². The summed E-state index contributed by atoms with van der Waals surface area (Å²) in [6, 6.07) is 6.66. The van der Waals surface area contributed by atoms with Crippen molar-refractivity contribution in [2.24, 2.45) is 5.92 Å². The molecule has 1 N–H and O–H groups in total. The summed E-state index contributed by atoms with van der Waals surface area (Å²) in [6.45, 7) is 5.94. The average Bonchev–Trinajstić information content (AvgIpc) is 2.58. The lowest BCUT2D eigenvalue weighted by Gasteiger charge is -2.31. The van der Waals surface area contributed by atoms with E-state index in [1.54, 1.807) is 31.2 Å². The molecule has 1 fully saturated rings. The molecule has 25 heavy (non-hydrogen) atoms. The maximum absolute atomic E-state index is 12.6. The van der Waals surface area contributed by atoms with E-state index in [4.69, 9.17) is 23.2 Å². The van der Waals surface area contributed by atoms with Crippen LogP contribution >= 0.6 is 23.2 Å². The SMILES string of the molecule is Cc1nc(C(=O)Nc2cc(Cl)ccc2Cl)cc(N2CCC(C)CC2)n1. The Kier molecular flexibility index (Phi) is 5.45. The van der Waals surface area contributed by atoms with Gasteiger partial charge < -0.3 is 10.2 Å². The van der Waals surface area contributed by atoms with E-state index in [0.717, 1.165) is 37.7 Å². The van der Waals surface area contributed by atoms with E-state index < -0.39 is 0 Å². The van der Waals surface area contributed by atoms with Gasteiger partial charge in [0.05, 0.1) is 10.7 Å². The minimum absolute atomic E-state index is 0.317. The predicted molar refractivity (Wildman–Crippen MR) is 102 cm³/mol. The van der Waals surface area contributed by atoms with Gasteiger partial charge in [-0.3, -0.25) is 4.79 Å². The smallest absolute Gasteiger partial charge is 0.274 e. The lowest BCUT2D eigenvalue weighted by atomic mass is 9.99. The highest BCUT2D eigenvalue weighted by atomic mass is 35.5. The van der Waals surface area contributed by atoms with Gasteiger partial charge in [0.1, 0.15) is 17.3 Å². The molecule has 0 atom stereocenters. The van der Waals surface area contributed by atoms with Crippen molar-refractivity contribution >= 4 is 40.6 Å². The van der Waals surface area contributed by atoms with Crippen molar-refractivity contribution in [1.29, 1.82) is 0 Å². The first-order valence-corrected chi connectivity index (χ1v) is 9.05. The van der Waals surface area contributed by atoms with Crippen LogP contribution in [0.15, 0.2) is 24.3 Å². The van der Waals surface area contributed by atoms with Crippen LogP contribution in [0.2, 0.25) is 10.0 Å². The topological polar surface area (TPSA) is 58.1 Å². The zero-order valence-corrected chi connectivity index (χ0v) is 15.7. The monoisotopic (exact) mass is 378 g/mol. The third-order valence-corrected chi connectivity index (χ3v) is 4.91. The minimum atomic E-state index is -0.332. The van der Waals surface area contributed by atoms with Gasteiger partial charge in [0.25, 0.3) is 5.91 Å². The molecule has 1 amide bonds. The molecule has 0 bridgehead atoms. The lowest BCUT2D eigenvalue weighted by Crippen LogP contribution is -2.34. The Morgan fingerprint density at radius 2 is 1.92 bits per heavy atom. The quantitative estimate of drug-likeness (QED) is 0.848. The van der Waals surface area contributed by atoms with Gasteiger partial charge in [-0.05, 0) is 43.9 Å². The number of halogens is 2. The fourth-order valence-electron chi connectivity index (χ4n) is 2.85. The van der Waals surface area contributed by atoms with Crippen molar-refractivity contribution in [2.75, 3.05) is 23.3 Å². The number of amides is 1. The van der Waals surface area contributed by atoms with Crippen molar-refractivity contribution in [3.63, 3.8) is 0 Å². The highest BCUT2D eigenvalue weighted by Gasteiger charge is 2.20. The molecular formula is C18H20Cl2N4O. The summed E-state index contributed by atoms with van der Waals surface area (Å²) >= 11 is 12.1. The van der Waals surface area contributed by atoms with E-state index in [1.807, 2.05) is 0 Å². The number of carbonyl (C=O) groups excluding carboxylic acids is 1. The highest BCUT2D eigenvalue weighted by molar-refractivity contribution is 6.35. The van der Waals surface area contributed by atoms with Crippen LogP contribution in [0, 0.1) is 12.8 Å². The number of carbonyl (C=O) groups is 1. The third-order valence-electron chi connectivity index (χ3n) is 4.34. The normalized spacial score (nSPS) is 15.3. The van der Waals surface area contributed by atoms with E-state index in [0.29, 0.717) is 27.3 Å². The summed E-state index contributed by atoms with van der Waals surface area (Å²) in [6.07, 6.45) is 2.26. The number of piperidine rings is 1. The van der Waals surface area contributed by atoms with Gasteiger partial charge in [0.2, 0.25) is 0 Å². The first kappa shape index (κ1) is 18.0. The number of anilines is 2. The summed E-state index contributed by atoms with van der Waals surface area (Å²) in [4.78, 5) is 23.6. The molecule has 2 aromatic rings. The number of nitrogens with zero attached hydrogens (tertiary/aromatic N) is 3. The zero-order chi connectivity index (χ0) is 18.0. The molecule has 0 spiro atoms. The Morgan fingerprint density at radius 3 is 2.64 bits per heavy atom. The minimum Gasteiger partial charge on any atom is -0.356 e. The molecular weight excluding hydrogens is 359 g/mol. The van der Waals surface area contributed by atoms with Crippen molar-refractivity contribution in [3.8, 4) is 0 Å². The van der Waals surface area contributed by atoms with Crippen LogP contribution in [0.1, 0.15) is 36.1 Å². The summed E-state index contributed by atoms with van der Waals surface area (Å²) in [7, 11) is 0. The number of benzene rings is 1. The second-order valence-corrected chi connectivity index (χ2v) is 7.25. The van der Waals surface area contributed by atoms with Gasteiger partial charge in [-0.2, -0.15) is 0 Å². The molecule has 1 saturated heterocycles. The van der Waals surface area contributed by atoms with Crippen LogP contribution in [0.25, 0.3) is 0 Å². The number of aromatic nitrogens is 2. The van der Waals surface area contributed by atoms with Gasteiger partial charge in [-0.1, -0.05) is 30.1 Å². The van der Waals surface area contributed by atoms with Gasteiger partial charge in [0, 0.05) is 24.2 Å². The summed E-state index contributed by atoms with van der Waals surface area (Å²) in [5.41, 5.74) is 0.779. The lowest BCUT2D eigenvalue weighted by molar-refractivity contribution is 0.102. The molecule has 0 radical (unpaired) electrons. The maximum Gasteiger partial charge on any atom is 0.274 e. The second kappa shape index (κ2) is 7.58. The van der Waals surface area contributed by atoms with E-state index in [9.17, 15) is 4.79 Å². The Morgan fingerprint density at radius 1 is 1.20 bits per heavy atom. The molecule has 2 heterocycles. The van der Waals surface area contributed by atoms with Crippen LogP contribution in [-0.2, 0) is 0 Å². The molecule has 0 saturated carbocycles. The summed E-state index contributed by atoms with van der Waals surface area (Å²) < 4.78 is 0. The molecule has 7 heteroatoms. The number of hydrogen-bond acceptors (Lipinski definition) is 4. The number of rotatable bonds is 3. The van der Waals surface area contributed by atoms with Crippen LogP contribution in [0.5, 0.6) is 0 Å². The fraction of sp³-hybridized carbons (Fsp3) is 0.389. The molecule has 0 aliphatic carbocycles. The molecule has 1 aliphatic rings. The van der Waals surface area contributed by atoms with Crippen molar-refractivity contribution in [1.82, 2.24) is 9.97 Å². The predicted octanol–water partition coefficient (Wildman–Crippen LogP) is 4.58. The van der Waals surface area contributed by atoms with Crippen molar-refractivity contribution in [2.45, 2.75) is 26.7 Å². The number of aryl methyl sites for hydroxylation is 1. The fourth-order valence-corrected chi connectivity index (χ4v) is 3.18. The Labute approximate surface area is 157 Å². The van der Waals surface area contributed by atoms with Crippen LogP contribution in [0.4, 0.5) is 11.5 Å². The molecule has 3 rings (SSSR count). The second-order valence-electron chi connectivity index (χ2n) is 6.41. The van der Waals surface area contributed by atoms with E-state index in [1.165, 1.54) is 0 Å². The van der Waals surface area contributed by atoms with Gasteiger partial charge in [0.15, 0.2) is 0 Å². The molecule has 5 nitrogen and oxygen atoms in total. The Balaban J connectivity index is 1.82. The maximum atomic E-state index is 12.6. The first-order chi connectivity index (χ1) is 11.9. The van der Waals surface area contributed by atoms with E-state index >= 15 is 0 Å². The van der Waals surface area contributed by atoms with Crippen LogP contribution in [0.3, 0.4) is 0 Å². The highest BCUT2D eigenvalue weighted by Crippen LogP contribution is 2.26. The Hall–Kier alpha value is -1.85. The largest absolute Gasteiger partial charge is 0.356 e. The average molecular weight is 379 g/mol. The Bertz CT molecular complexity index is 789. The molecule has 132 valence electrons. The standard InChI is InChI=1S/C18H20Cl2N4O/c1-11-5-7-24(8-6-11)17-10-16(21-12(2)22-17)18(25)23-15-9-13(19)3-4-14(15)20/h3-4,9-11H,5-8H2,1-2H3,(H,23,25). The number of hydrogen-bond donors (Lipinski definition) is 1.